The van der Waals surface area contributed by atoms with Crippen LogP contribution in [0.4, 0.5) is 0 Å². The van der Waals surface area contributed by atoms with E-state index in [1.165, 1.54) is 0 Å². The van der Waals surface area contributed by atoms with Crippen molar-refractivity contribution in [1.29, 1.82) is 0 Å². The summed E-state index contributed by atoms with van der Waals surface area (Å²) in [6.07, 6.45) is 5.69. The lowest BCUT2D eigenvalue weighted by Gasteiger charge is -2.14. The van der Waals surface area contributed by atoms with E-state index in [0.717, 1.165) is 0 Å². The lowest BCUT2D eigenvalue weighted by molar-refractivity contribution is -0.142. The summed E-state index contributed by atoms with van der Waals surface area (Å²) in [6.45, 7) is 2.22. The van der Waals surface area contributed by atoms with Gasteiger partial charge in [-0.3, -0.25) is 4.79 Å². The van der Waals surface area contributed by atoms with E-state index in [2.05, 4.69) is 11.2 Å². The number of terminal acetylenes is 1. The largest absolute Gasteiger partial charge is 0.480 e. The average molecular weight is 225 g/mol. The molecule has 0 bridgehead atoms. The smallest absolute Gasteiger partial charge is 0.327 e. The molecule has 5 nitrogen and oxygen atoms in total. The van der Waals surface area contributed by atoms with Crippen molar-refractivity contribution in [3.63, 3.8) is 0 Å². The van der Waals surface area contributed by atoms with Crippen LogP contribution < -0.4 is 5.32 Å². The number of hydrogen-bond donors (Lipinski definition) is 2. The van der Waals surface area contributed by atoms with Crippen LogP contribution in [-0.2, 0) is 14.3 Å². The van der Waals surface area contributed by atoms with E-state index in [0.29, 0.717) is 13.0 Å². The predicted octanol–water partition coefficient (Wildman–Crippen LogP) is 0.00410. The first-order valence-corrected chi connectivity index (χ1v) is 5.12. The number of hydrogen-bond acceptors (Lipinski definition) is 3. The maximum Gasteiger partial charge on any atom is 0.327 e. The highest BCUT2D eigenvalue weighted by molar-refractivity contribution is 5.85. The Hall–Kier alpha value is -1.54. The first-order chi connectivity index (χ1) is 7.54. The van der Waals surface area contributed by atoms with E-state index >= 15 is 0 Å². The number of aliphatic carboxylic acids is 1. The molecular formula is C11H15NO4. The van der Waals surface area contributed by atoms with Crippen molar-refractivity contribution in [2.45, 2.75) is 31.9 Å². The Bertz CT molecular complexity index is 320. The molecule has 3 unspecified atom stereocenters. The van der Waals surface area contributed by atoms with E-state index in [4.69, 9.17) is 16.3 Å². The molecule has 5 heteroatoms. The highest BCUT2D eigenvalue weighted by Gasteiger charge is 2.30. The van der Waals surface area contributed by atoms with Crippen molar-refractivity contribution in [2.24, 2.45) is 5.92 Å². The molecule has 1 saturated heterocycles. The van der Waals surface area contributed by atoms with E-state index in [9.17, 15) is 9.59 Å². The molecule has 0 aliphatic carbocycles. The van der Waals surface area contributed by atoms with Crippen molar-refractivity contribution in [2.75, 3.05) is 6.61 Å². The van der Waals surface area contributed by atoms with Gasteiger partial charge in [-0.25, -0.2) is 4.79 Å². The Labute approximate surface area is 94.2 Å². The topological polar surface area (TPSA) is 75.6 Å². The first kappa shape index (κ1) is 12.5. The van der Waals surface area contributed by atoms with Crippen LogP contribution in [0.1, 0.15) is 19.8 Å². The highest BCUT2D eigenvalue weighted by atomic mass is 16.5. The maximum atomic E-state index is 11.7. The summed E-state index contributed by atoms with van der Waals surface area (Å²) in [4.78, 5) is 22.4. The Morgan fingerprint density at radius 2 is 2.38 bits per heavy atom. The number of carboxylic acids is 1. The Balaban J connectivity index is 2.49. The van der Waals surface area contributed by atoms with Crippen LogP contribution in [0.15, 0.2) is 0 Å². The van der Waals surface area contributed by atoms with E-state index in [1.807, 2.05) is 6.92 Å². The lowest BCUT2D eigenvalue weighted by Crippen LogP contribution is -2.43. The van der Waals surface area contributed by atoms with Gasteiger partial charge < -0.3 is 15.2 Å². The van der Waals surface area contributed by atoms with Gasteiger partial charge in [-0.2, -0.15) is 0 Å². The predicted molar refractivity (Wildman–Crippen MR) is 56.5 cm³/mol. The monoisotopic (exact) mass is 225 g/mol. The van der Waals surface area contributed by atoms with E-state index in [1.54, 1.807) is 0 Å². The molecule has 88 valence electrons. The van der Waals surface area contributed by atoms with E-state index < -0.39 is 12.0 Å². The maximum absolute atomic E-state index is 11.7. The third-order valence-electron chi connectivity index (χ3n) is 2.51. The van der Waals surface area contributed by atoms with Crippen molar-refractivity contribution in [3.05, 3.63) is 0 Å². The average Bonchev–Trinajstić information content (AvgIpc) is 2.64. The zero-order chi connectivity index (χ0) is 12.1. The fraction of sp³-hybridized carbons (Fsp3) is 0.636. The quantitative estimate of drug-likeness (QED) is 0.660. The standard InChI is InChI=1S/C11H15NO4/c1-3-4-9(11(14)15)12-10(13)8-5-7(2)16-6-8/h1,7-9H,4-6H2,2H3,(H,12,13)(H,14,15). The van der Waals surface area contributed by atoms with Crippen LogP contribution in [0.25, 0.3) is 0 Å². The molecular weight excluding hydrogens is 210 g/mol. The molecule has 0 saturated carbocycles. The Morgan fingerprint density at radius 3 is 2.81 bits per heavy atom. The minimum atomic E-state index is -1.11. The molecule has 1 aliphatic heterocycles. The second-order valence-electron chi connectivity index (χ2n) is 3.88. The molecule has 0 aromatic carbocycles. The van der Waals surface area contributed by atoms with Crippen LogP contribution in [0, 0.1) is 18.3 Å². The summed E-state index contributed by atoms with van der Waals surface area (Å²) in [5.41, 5.74) is 0. The van der Waals surface area contributed by atoms with Gasteiger partial charge in [0.25, 0.3) is 0 Å². The van der Waals surface area contributed by atoms with Gasteiger partial charge in [0.2, 0.25) is 5.91 Å². The van der Waals surface area contributed by atoms with Crippen molar-refractivity contribution < 1.29 is 19.4 Å². The normalized spacial score (nSPS) is 25.8. The second kappa shape index (κ2) is 5.52. The zero-order valence-corrected chi connectivity index (χ0v) is 9.10. The summed E-state index contributed by atoms with van der Waals surface area (Å²) in [7, 11) is 0. The van der Waals surface area contributed by atoms with Crippen LogP contribution in [0.2, 0.25) is 0 Å². The van der Waals surface area contributed by atoms with Crippen LogP contribution in [-0.4, -0.2) is 35.7 Å². The van der Waals surface area contributed by atoms with Gasteiger partial charge in [0.15, 0.2) is 0 Å². The summed E-state index contributed by atoms with van der Waals surface area (Å²) in [5, 5.41) is 11.2. The SMILES string of the molecule is C#CCC(NC(=O)C1COC(C)C1)C(=O)O. The van der Waals surface area contributed by atoms with Crippen molar-refractivity contribution >= 4 is 11.9 Å². The molecule has 0 aromatic rings. The molecule has 1 amide bonds. The summed E-state index contributed by atoms with van der Waals surface area (Å²) >= 11 is 0. The second-order valence-corrected chi connectivity index (χ2v) is 3.88. The van der Waals surface area contributed by atoms with Crippen molar-refractivity contribution in [3.8, 4) is 12.3 Å². The molecule has 1 aliphatic rings. The molecule has 1 heterocycles. The molecule has 1 fully saturated rings. The van der Waals surface area contributed by atoms with Crippen LogP contribution >= 0.6 is 0 Å². The van der Waals surface area contributed by atoms with Gasteiger partial charge in [0, 0.05) is 6.42 Å². The molecule has 0 spiro atoms. The Morgan fingerprint density at radius 1 is 1.69 bits per heavy atom. The minimum absolute atomic E-state index is 0.00972. The summed E-state index contributed by atoms with van der Waals surface area (Å²) in [5.74, 6) is 0.546. The highest BCUT2D eigenvalue weighted by Crippen LogP contribution is 2.19. The van der Waals surface area contributed by atoms with E-state index in [-0.39, 0.29) is 24.3 Å². The fourth-order valence-corrected chi connectivity index (χ4v) is 1.61. The van der Waals surface area contributed by atoms with Crippen LogP contribution in [0.3, 0.4) is 0 Å². The number of ether oxygens (including phenoxy) is 1. The molecule has 0 aromatic heterocycles. The number of rotatable bonds is 4. The zero-order valence-electron chi connectivity index (χ0n) is 9.10. The van der Waals surface area contributed by atoms with Gasteiger partial charge in [0.1, 0.15) is 6.04 Å². The number of carbonyl (C=O) groups is 2. The first-order valence-electron chi connectivity index (χ1n) is 5.12. The molecule has 16 heavy (non-hydrogen) atoms. The van der Waals surface area contributed by atoms with Gasteiger partial charge >= 0.3 is 5.97 Å². The van der Waals surface area contributed by atoms with Crippen LogP contribution in [0.5, 0.6) is 0 Å². The van der Waals surface area contributed by atoms with Gasteiger partial charge in [0.05, 0.1) is 18.6 Å². The molecule has 0 radical (unpaired) electrons. The third-order valence-corrected chi connectivity index (χ3v) is 2.51. The molecule has 2 N–H and O–H groups in total. The summed E-state index contributed by atoms with van der Waals surface area (Å²) in [6, 6.07) is -1.01. The molecule has 1 rings (SSSR count). The van der Waals surface area contributed by atoms with Crippen molar-refractivity contribution in [1.82, 2.24) is 5.32 Å². The number of nitrogens with one attached hydrogen (secondary N) is 1. The summed E-state index contributed by atoms with van der Waals surface area (Å²) < 4.78 is 5.24. The third kappa shape index (κ3) is 3.24. The fourth-order valence-electron chi connectivity index (χ4n) is 1.61. The number of carbonyl (C=O) groups excluding carboxylic acids is 1. The number of amides is 1. The number of carboxylic acid groups (broad SMARTS) is 1. The lowest BCUT2D eigenvalue weighted by atomic mass is 10.0. The van der Waals surface area contributed by atoms with Gasteiger partial charge in [-0.15, -0.1) is 12.3 Å². The van der Waals surface area contributed by atoms with Gasteiger partial charge in [-0.05, 0) is 13.3 Å². The van der Waals surface area contributed by atoms with Gasteiger partial charge in [-0.1, -0.05) is 0 Å². The Kier molecular flexibility index (Phi) is 4.32. The minimum Gasteiger partial charge on any atom is -0.480 e. The molecule has 3 atom stereocenters.